The first-order chi connectivity index (χ1) is 15.4. The van der Waals surface area contributed by atoms with Gasteiger partial charge in [0.25, 0.3) is 5.56 Å². The number of nitrogens with zero attached hydrogens (tertiary/aromatic N) is 1. The second-order valence-electron chi connectivity index (χ2n) is 7.87. The number of aromatic amines is 1. The lowest BCUT2D eigenvalue weighted by Crippen LogP contribution is -2.35. The van der Waals surface area contributed by atoms with Gasteiger partial charge in [0.05, 0.1) is 12.1 Å². The Kier molecular flexibility index (Phi) is 6.32. The Morgan fingerprint density at radius 3 is 2.44 bits per heavy atom. The molecular formula is C26H24FN3OS. The number of H-pyrrole nitrogens is 1. The minimum atomic E-state index is -0.290. The van der Waals surface area contributed by atoms with Crippen LogP contribution >= 0.6 is 12.2 Å². The molecule has 4 nitrogen and oxygen atoms in total. The molecule has 3 aromatic carbocycles. The standard InChI is InChI=1S/C26H24FN3OS/c1-17-8-11-20-14-21(25(31)29-24(20)18(17)2)16-30(15-19-9-12-22(27)13-10-19)26(32)28-23-6-4-3-5-7-23/h3-14H,15-16H2,1-2H3,(H,28,32)(H,29,31). The average molecular weight is 446 g/mol. The Morgan fingerprint density at radius 2 is 1.72 bits per heavy atom. The van der Waals surface area contributed by atoms with Gasteiger partial charge in [-0.15, -0.1) is 0 Å². The van der Waals surface area contributed by atoms with E-state index >= 15 is 0 Å². The monoisotopic (exact) mass is 445 g/mol. The minimum Gasteiger partial charge on any atom is -0.340 e. The summed E-state index contributed by atoms with van der Waals surface area (Å²) in [5.41, 5.74) is 5.28. The van der Waals surface area contributed by atoms with Gasteiger partial charge in [0.1, 0.15) is 5.82 Å². The highest BCUT2D eigenvalue weighted by Crippen LogP contribution is 2.20. The van der Waals surface area contributed by atoms with Crippen molar-refractivity contribution < 1.29 is 4.39 Å². The fourth-order valence-electron chi connectivity index (χ4n) is 3.63. The maximum atomic E-state index is 13.4. The number of halogens is 1. The molecule has 0 aliphatic rings. The number of para-hydroxylation sites is 1. The third-order valence-corrected chi connectivity index (χ3v) is 5.95. The number of hydrogen-bond acceptors (Lipinski definition) is 2. The van der Waals surface area contributed by atoms with Crippen molar-refractivity contribution in [3.8, 4) is 0 Å². The first kappa shape index (κ1) is 21.7. The topological polar surface area (TPSA) is 48.1 Å². The quantitative estimate of drug-likeness (QED) is 0.388. The van der Waals surface area contributed by atoms with Crippen molar-refractivity contribution in [2.45, 2.75) is 26.9 Å². The molecule has 0 saturated carbocycles. The van der Waals surface area contributed by atoms with Gasteiger partial charge in [-0.2, -0.15) is 0 Å². The third kappa shape index (κ3) is 4.86. The highest BCUT2D eigenvalue weighted by Gasteiger charge is 2.15. The number of hydrogen-bond donors (Lipinski definition) is 2. The molecule has 32 heavy (non-hydrogen) atoms. The number of nitrogens with one attached hydrogen (secondary N) is 2. The van der Waals surface area contributed by atoms with Gasteiger partial charge in [-0.25, -0.2) is 4.39 Å². The third-order valence-electron chi connectivity index (χ3n) is 5.59. The van der Waals surface area contributed by atoms with E-state index in [9.17, 15) is 9.18 Å². The zero-order chi connectivity index (χ0) is 22.7. The Balaban J connectivity index is 1.67. The molecule has 4 aromatic rings. The number of anilines is 1. The van der Waals surface area contributed by atoms with E-state index in [0.29, 0.717) is 23.8 Å². The zero-order valence-corrected chi connectivity index (χ0v) is 18.8. The molecule has 162 valence electrons. The van der Waals surface area contributed by atoms with Crippen molar-refractivity contribution in [1.29, 1.82) is 0 Å². The molecule has 0 spiro atoms. The fraction of sp³-hybridized carbons (Fsp3) is 0.154. The number of rotatable bonds is 5. The Morgan fingerprint density at radius 1 is 1.00 bits per heavy atom. The molecule has 0 fully saturated rings. The SMILES string of the molecule is Cc1ccc2cc(CN(Cc3ccc(F)cc3)C(=S)Nc3ccccc3)c(=O)[nH]c2c1C. The summed E-state index contributed by atoms with van der Waals surface area (Å²) in [5.74, 6) is -0.290. The predicted molar refractivity (Wildman–Crippen MR) is 132 cm³/mol. The minimum absolute atomic E-state index is 0.141. The van der Waals surface area contributed by atoms with E-state index in [2.05, 4.69) is 16.4 Å². The van der Waals surface area contributed by atoms with Gasteiger partial charge in [-0.05, 0) is 78.5 Å². The molecule has 0 atom stereocenters. The molecular weight excluding hydrogens is 421 g/mol. The Labute approximate surface area is 191 Å². The predicted octanol–water partition coefficient (Wildman–Crippen LogP) is 5.68. The second kappa shape index (κ2) is 9.32. The van der Waals surface area contributed by atoms with Crippen LogP contribution in [-0.2, 0) is 13.1 Å². The molecule has 0 bridgehead atoms. The lowest BCUT2D eigenvalue weighted by molar-refractivity contribution is 0.411. The van der Waals surface area contributed by atoms with Crippen LogP contribution in [0.15, 0.2) is 77.6 Å². The highest BCUT2D eigenvalue weighted by molar-refractivity contribution is 7.80. The van der Waals surface area contributed by atoms with E-state index in [1.54, 1.807) is 12.1 Å². The van der Waals surface area contributed by atoms with Crippen LogP contribution in [-0.4, -0.2) is 15.0 Å². The van der Waals surface area contributed by atoms with Gasteiger partial charge < -0.3 is 15.2 Å². The van der Waals surface area contributed by atoms with Gasteiger partial charge in [-0.1, -0.05) is 42.5 Å². The highest BCUT2D eigenvalue weighted by atomic mass is 32.1. The van der Waals surface area contributed by atoms with Crippen LogP contribution in [0.3, 0.4) is 0 Å². The first-order valence-corrected chi connectivity index (χ1v) is 10.8. The lowest BCUT2D eigenvalue weighted by atomic mass is 10.0. The molecule has 0 radical (unpaired) electrons. The molecule has 1 aromatic heterocycles. The maximum absolute atomic E-state index is 13.4. The van der Waals surface area contributed by atoms with E-state index in [0.717, 1.165) is 33.3 Å². The number of aryl methyl sites for hydroxylation is 2. The second-order valence-corrected chi connectivity index (χ2v) is 8.26. The normalized spacial score (nSPS) is 10.8. The van der Waals surface area contributed by atoms with E-state index in [-0.39, 0.29) is 11.4 Å². The van der Waals surface area contributed by atoms with Crippen molar-refractivity contribution in [3.05, 3.63) is 111 Å². The lowest BCUT2D eigenvalue weighted by Gasteiger charge is -2.26. The van der Waals surface area contributed by atoms with E-state index in [1.165, 1.54) is 12.1 Å². The maximum Gasteiger partial charge on any atom is 0.253 e. The van der Waals surface area contributed by atoms with Crippen LogP contribution in [0.5, 0.6) is 0 Å². The number of thiocarbonyl (C=S) groups is 1. The Hall–Kier alpha value is -3.51. The van der Waals surface area contributed by atoms with Crippen LogP contribution in [0.2, 0.25) is 0 Å². The summed E-state index contributed by atoms with van der Waals surface area (Å²) >= 11 is 5.69. The van der Waals surface area contributed by atoms with Gasteiger partial charge >= 0.3 is 0 Å². The number of pyridine rings is 1. The van der Waals surface area contributed by atoms with Gasteiger partial charge in [-0.3, -0.25) is 4.79 Å². The molecule has 0 amide bonds. The molecule has 2 N–H and O–H groups in total. The van der Waals surface area contributed by atoms with Crippen LogP contribution in [0.25, 0.3) is 10.9 Å². The average Bonchev–Trinajstić information content (AvgIpc) is 2.79. The number of aromatic nitrogens is 1. The van der Waals surface area contributed by atoms with Crippen molar-refractivity contribution in [3.63, 3.8) is 0 Å². The molecule has 1 heterocycles. The summed E-state index contributed by atoms with van der Waals surface area (Å²) < 4.78 is 13.4. The van der Waals surface area contributed by atoms with Gasteiger partial charge in [0, 0.05) is 17.8 Å². The summed E-state index contributed by atoms with van der Waals surface area (Å²) in [6.07, 6.45) is 0. The molecule has 0 aliphatic heterocycles. The summed E-state index contributed by atoms with van der Waals surface area (Å²) in [5, 5.41) is 4.70. The van der Waals surface area contributed by atoms with Crippen LogP contribution in [0, 0.1) is 19.7 Å². The Bertz CT molecular complexity index is 1320. The smallest absolute Gasteiger partial charge is 0.253 e. The van der Waals surface area contributed by atoms with Gasteiger partial charge in [0.2, 0.25) is 0 Å². The van der Waals surface area contributed by atoms with Crippen LogP contribution in [0.1, 0.15) is 22.3 Å². The zero-order valence-electron chi connectivity index (χ0n) is 18.0. The van der Waals surface area contributed by atoms with Gasteiger partial charge in [0.15, 0.2) is 5.11 Å². The molecule has 0 saturated heterocycles. The van der Waals surface area contributed by atoms with Crippen molar-refractivity contribution >= 4 is 33.9 Å². The molecule has 6 heteroatoms. The molecule has 0 aliphatic carbocycles. The first-order valence-electron chi connectivity index (χ1n) is 10.4. The fourth-order valence-corrected chi connectivity index (χ4v) is 3.87. The van der Waals surface area contributed by atoms with Crippen molar-refractivity contribution in [2.75, 3.05) is 5.32 Å². The summed E-state index contributed by atoms with van der Waals surface area (Å²) in [7, 11) is 0. The summed E-state index contributed by atoms with van der Waals surface area (Å²) in [6, 6.07) is 21.9. The van der Waals surface area contributed by atoms with Crippen LogP contribution in [0.4, 0.5) is 10.1 Å². The summed E-state index contributed by atoms with van der Waals surface area (Å²) in [4.78, 5) is 17.9. The van der Waals surface area contributed by atoms with Crippen LogP contribution < -0.4 is 10.9 Å². The van der Waals surface area contributed by atoms with E-state index in [4.69, 9.17) is 12.2 Å². The largest absolute Gasteiger partial charge is 0.340 e. The van der Waals surface area contributed by atoms with Crippen molar-refractivity contribution in [2.24, 2.45) is 0 Å². The number of fused-ring (bicyclic) bond motifs is 1. The summed E-state index contributed by atoms with van der Waals surface area (Å²) in [6.45, 7) is 4.78. The number of benzene rings is 3. The van der Waals surface area contributed by atoms with Crippen molar-refractivity contribution in [1.82, 2.24) is 9.88 Å². The van der Waals surface area contributed by atoms with E-state index < -0.39 is 0 Å². The van der Waals surface area contributed by atoms with E-state index in [1.807, 2.05) is 61.2 Å². The molecule has 4 rings (SSSR count). The molecule has 0 unspecified atom stereocenters.